The number of rotatable bonds is 5. The highest BCUT2D eigenvalue weighted by atomic mass is 79.9. The number of aromatic nitrogens is 2. The van der Waals surface area contributed by atoms with E-state index >= 15 is 0 Å². The number of aryl methyl sites for hydroxylation is 2. The highest BCUT2D eigenvalue weighted by Crippen LogP contribution is 2.25. The maximum Gasteiger partial charge on any atom is 0.0676 e. The summed E-state index contributed by atoms with van der Waals surface area (Å²) in [6, 6.07) is 10.3. The molecule has 106 valence electrons. The predicted molar refractivity (Wildman–Crippen MR) is 84.1 cm³/mol. The molecule has 1 aromatic heterocycles. The van der Waals surface area contributed by atoms with Gasteiger partial charge in [-0.05, 0) is 43.0 Å². The molecule has 0 saturated heterocycles. The standard InChI is InChI=1S/C15H19BrN4/c1-3-14-12(8-10(2)19-20-14)15(18-17)9-11-6-4-5-7-13(11)16/h4-8,15,18H,3,9,17H2,1-2H3. The molecule has 20 heavy (non-hydrogen) atoms. The van der Waals surface area contributed by atoms with Crippen molar-refractivity contribution in [3.63, 3.8) is 0 Å². The number of halogens is 1. The summed E-state index contributed by atoms with van der Waals surface area (Å²) in [6.07, 6.45) is 1.65. The van der Waals surface area contributed by atoms with Crippen LogP contribution in [0, 0.1) is 6.92 Å². The van der Waals surface area contributed by atoms with Gasteiger partial charge >= 0.3 is 0 Å². The Kier molecular flexibility index (Phi) is 5.23. The molecule has 2 rings (SSSR count). The molecule has 1 unspecified atom stereocenters. The summed E-state index contributed by atoms with van der Waals surface area (Å²) >= 11 is 3.58. The van der Waals surface area contributed by atoms with Crippen molar-refractivity contribution >= 4 is 15.9 Å². The van der Waals surface area contributed by atoms with Crippen LogP contribution in [0.2, 0.25) is 0 Å². The molecule has 0 bridgehead atoms. The lowest BCUT2D eigenvalue weighted by molar-refractivity contribution is 0.541. The molecule has 3 N–H and O–H groups in total. The highest BCUT2D eigenvalue weighted by Gasteiger charge is 2.17. The van der Waals surface area contributed by atoms with Gasteiger partial charge in [0.1, 0.15) is 0 Å². The van der Waals surface area contributed by atoms with Gasteiger partial charge in [0.15, 0.2) is 0 Å². The molecule has 0 radical (unpaired) electrons. The zero-order valence-corrected chi connectivity index (χ0v) is 13.3. The van der Waals surface area contributed by atoms with Crippen molar-refractivity contribution in [2.24, 2.45) is 5.84 Å². The van der Waals surface area contributed by atoms with Crippen LogP contribution >= 0.6 is 15.9 Å². The molecule has 0 spiro atoms. The fourth-order valence-electron chi connectivity index (χ4n) is 2.25. The summed E-state index contributed by atoms with van der Waals surface area (Å²) in [5.74, 6) is 5.76. The largest absolute Gasteiger partial charge is 0.271 e. The Hall–Kier alpha value is -1.30. The minimum absolute atomic E-state index is 0.0258. The molecule has 0 fully saturated rings. The van der Waals surface area contributed by atoms with Crippen LogP contribution in [-0.4, -0.2) is 10.2 Å². The normalized spacial score (nSPS) is 12.4. The van der Waals surface area contributed by atoms with Gasteiger partial charge in [0.2, 0.25) is 0 Å². The van der Waals surface area contributed by atoms with Crippen LogP contribution in [0.1, 0.15) is 35.5 Å². The Morgan fingerprint density at radius 2 is 2.05 bits per heavy atom. The number of nitrogens with two attached hydrogens (primary N) is 1. The molecular formula is C15H19BrN4. The number of benzene rings is 1. The van der Waals surface area contributed by atoms with E-state index in [1.54, 1.807) is 0 Å². The third kappa shape index (κ3) is 3.42. The van der Waals surface area contributed by atoms with E-state index in [0.29, 0.717) is 0 Å². The number of hydrogen-bond acceptors (Lipinski definition) is 4. The first-order chi connectivity index (χ1) is 9.65. The van der Waals surface area contributed by atoms with E-state index < -0.39 is 0 Å². The van der Waals surface area contributed by atoms with Crippen LogP contribution in [0.25, 0.3) is 0 Å². The first kappa shape index (κ1) is 15.1. The van der Waals surface area contributed by atoms with Crippen LogP contribution in [-0.2, 0) is 12.8 Å². The lowest BCUT2D eigenvalue weighted by Gasteiger charge is -2.19. The van der Waals surface area contributed by atoms with Crippen LogP contribution in [0.4, 0.5) is 0 Å². The topological polar surface area (TPSA) is 63.8 Å². The Balaban J connectivity index is 2.33. The number of hydrazine groups is 1. The molecule has 4 nitrogen and oxygen atoms in total. The zero-order valence-electron chi connectivity index (χ0n) is 11.7. The molecule has 0 aliphatic carbocycles. The average Bonchev–Trinajstić information content (AvgIpc) is 2.46. The summed E-state index contributed by atoms with van der Waals surface area (Å²) < 4.78 is 1.09. The van der Waals surface area contributed by atoms with E-state index in [-0.39, 0.29) is 6.04 Å². The SMILES string of the molecule is CCc1nnc(C)cc1C(Cc1ccccc1Br)NN. The fourth-order valence-corrected chi connectivity index (χ4v) is 2.70. The van der Waals surface area contributed by atoms with Gasteiger partial charge < -0.3 is 0 Å². The van der Waals surface area contributed by atoms with Crippen molar-refractivity contribution in [3.05, 3.63) is 57.3 Å². The number of nitrogens with zero attached hydrogens (tertiary/aromatic N) is 2. The summed E-state index contributed by atoms with van der Waals surface area (Å²) in [5, 5.41) is 8.40. The minimum atomic E-state index is 0.0258. The molecule has 5 heteroatoms. The first-order valence-electron chi connectivity index (χ1n) is 6.68. The second-order valence-electron chi connectivity index (χ2n) is 4.76. The van der Waals surface area contributed by atoms with Crippen molar-refractivity contribution in [1.82, 2.24) is 15.6 Å². The lowest BCUT2D eigenvalue weighted by atomic mass is 9.97. The maximum absolute atomic E-state index is 5.76. The van der Waals surface area contributed by atoms with Gasteiger partial charge in [0.25, 0.3) is 0 Å². The molecule has 0 aliphatic rings. The molecule has 1 aromatic carbocycles. The van der Waals surface area contributed by atoms with Crippen LogP contribution < -0.4 is 11.3 Å². The second kappa shape index (κ2) is 6.92. The molecule has 1 atom stereocenters. The predicted octanol–water partition coefficient (Wildman–Crippen LogP) is 2.86. The third-order valence-electron chi connectivity index (χ3n) is 3.32. The fraction of sp³-hybridized carbons (Fsp3) is 0.333. The summed E-state index contributed by atoms with van der Waals surface area (Å²) in [4.78, 5) is 0. The Morgan fingerprint density at radius 1 is 1.30 bits per heavy atom. The van der Waals surface area contributed by atoms with Gasteiger partial charge in [-0.2, -0.15) is 10.2 Å². The Labute approximate surface area is 127 Å². The molecular weight excluding hydrogens is 316 g/mol. The highest BCUT2D eigenvalue weighted by molar-refractivity contribution is 9.10. The smallest absolute Gasteiger partial charge is 0.0676 e. The monoisotopic (exact) mass is 334 g/mol. The maximum atomic E-state index is 5.76. The van der Waals surface area contributed by atoms with E-state index in [2.05, 4.69) is 50.6 Å². The van der Waals surface area contributed by atoms with Crippen molar-refractivity contribution in [2.75, 3.05) is 0 Å². The van der Waals surface area contributed by atoms with Crippen LogP contribution in [0.15, 0.2) is 34.8 Å². The van der Waals surface area contributed by atoms with Crippen molar-refractivity contribution in [1.29, 1.82) is 0 Å². The summed E-state index contributed by atoms with van der Waals surface area (Å²) in [6.45, 7) is 4.02. The number of hydrogen-bond donors (Lipinski definition) is 2. The van der Waals surface area contributed by atoms with E-state index in [4.69, 9.17) is 5.84 Å². The van der Waals surface area contributed by atoms with Gasteiger partial charge in [0, 0.05) is 4.47 Å². The second-order valence-corrected chi connectivity index (χ2v) is 5.61. The first-order valence-corrected chi connectivity index (χ1v) is 7.47. The van der Waals surface area contributed by atoms with Gasteiger partial charge in [-0.1, -0.05) is 41.1 Å². The van der Waals surface area contributed by atoms with E-state index in [1.165, 1.54) is 5.56 Å². The number of nitrogens with one attached hydrogen (secondary N) is 1. The Bertz CT molecular complexity index is 586. The summed E-state index contributed by atoms with van der Waals surface area (Å²) in [7, 11) is 0. The molecule has 0 aliphatic heterocycles. The Morgan fingerprint density at radius 3 is 2.70 bits per heavy atom. The van der Waals surface area contributed by atoms with Gasteiger partial charge in [0.05, 0.1) is 17.4 Å². The van der Waals surface area contributed by atoms with Gasteiger partial charge in [-0.25, -0.2) is 0 Å². The lowest BCUT2D eigenvalue weighted by Crippen LogP contribution is -2.31. The van der Waals surface area contributed by atoms with Gasteiger partial charge in [-0.15, -0.1) is 0 Å². The zero-order chi connectivity index (χ0) is 14.5. The quantitative estimate of drug-likeness (QED) is 0.651. The van der Waals surface area contributed by atoms with Crippen LogP contribution in [0.3, 0.4) is 0 Å². The average molecular weight is 335 g/mol. The van der Waals surface area contributed by atoms with Crippen molar-refractivity contribution < 1.29 is 0 Å². The van der Waals surface area contributed by atoms with E-state index in [0.717, 1.165) is 34.3 Å². The molecule has 0 amide bonds. The van der Waals surface area contributed by atoms with Crippen LogP contribution in [0.5, 0.6) is 0 Å². The minimum Gasteiger partial charge on any atom is -0.271 e. The van der Waals surface area contributed by atoms with Crippen molar-refractivity contribution in [2.45, 2.75) is 32.7 Å². The third-order valence-corrected chi connectivity index (χ3v) is 4.09. The van der Waals surface area contributed by atoms with Gasteiger partial charge in [-0.3, -0.25) is 11.3 Å². The van der Waals surface area contributed by atoms with E-state index in [9.17, 15) is 0 Å². The molecule has 0 saturated carbocycles. The van der Waals surface area contributed by atoms with Crippen molar-refractivity contribution in [3.8, 4) is 0 Å². The molecule has 2 aromatic rings. The molecule has 1 heterocycles. The van der Waals surface area contributed by atoms with E-state index in [1.807, 2.05) is 25.1 Å². The summed E-state index contributed by atoms with van der Waals surface area (Å²) in [5.41, 5.74) is 7.14.